The molecule has 1 aromatic carbocycles. The second-order valence-corrected chi connectivity index (χ2v) is 11.0. The van der Waals surface area contributed by atoms with Crippen molar-refractivity contribution >= 4 is 17.8 Å². The first-order valence-corrected chi connectivity index (χ1v) is 12.9. The van der Waals surface area contributed by atoms with E-state index in [1.165, 1.54) is 10.5 Å². The van der Waals surface area contributed by atoms with Crippen LogP contribution in [-0.4, -0.2) is 70.8 Å². The smallest absolute Gasteiger partial charge is 0.325 e. The summed E-state index contributed by atoms with van der Waals surface area (Å²) in [5, 5.41) is 2.97. The van der Waals surface area contributed by atoms with Crippen molar-refractivity contribution in [2.24, 2.45) is 11.3 Å². The number of carbonyl (C=O) groups excluding carboxylic acids is 3. The number of imide groups is 1. The summed E-state index contributed by atoms with van der Waals surface area (Å²) in [6, 6.07) is 9.95. The summed E-state index contributed by atoms with van der Waals surface area (Å²) in [6.45, 7) is 10.5. The molecule has 1 N–H and O–H groups in total. The molecule has 0 atom stereocenters. The number of hydrogen-bond acceptors (Lipinski definition) is 4. The predicted octanol–water partition coefficient (Wildman–Crippen LogP) is 3.64. The first kappa shape index (κ1) is 24.7. The summed E-state index contributed by atoms with van der Waals surface area (Å²) in [6.07, 6.45) is 5.17. The van der Waals surface area contributed by atoms with E-state index >= 15 is 0 Å². The van der Waals surface area contributed by atoms with E-state index in [2.05, 4.69) is 43.1 Å². The normalized spacial score (nSPS) is 26.6. The van der Waals surface area contributed by atoms with Crippen molar-refractivity contribution in [3.63, 3.8) is 0 Å². The largest absolute Gasteiger partial charge is 0.340 e. The number of nitrogens with zero attached hydrogens (tertiary/aromatic N) is 3. The first-order chi connectivity index (χ1) is 16.2. The van der Waals surface area contributed by atoms with Crippen LogP contribution in [0.25, 0.3) is 0 Å². The molecule has 3 aliphatic rings. The lowest BCUT2D eigenvalue weighted by Crippen LogP contribution is -2.51. The first-order valence-electron chi connectivity index (χ1n) is 12.9. The van der Waals surface area contributed by atoms with Crippen LogP contribution in [0.15, 0.2) is 30.3 Å². The molecule has 2 aliphatic heterocycles. The Morgan fingerprint density at radius 1 is 1.06 bits per heavy atom. The van der Waals surface area contributed by atoms with Crippen LogP contribution in [0.2, 0.25) is 0 Å². The lowest BCUT2D eigenvalue weighted by atomic mass is 9.65. The van der Waals surface area contributed by atoms with Crippen molar-refractivity contribution in [1.29, 1.82) is 0 Å². The summed E-state index contributed by atoms with van der Waals surface area (Å²) >= 11 is 0. The molecule has 3 fully saturated rings. The fourth-order valence-corrected chi connectivity index (χ4v) is 5.79. The van der Waals surface area contributed by atoms with Crippen LogP contribution in [-0.2, 0) is 16.1 Å². The third kappa shape index (κ3) is 5.14. The van der Waals surface area contributed by atoms with Crippen molar-refractivity contribution in [2.45, 2.75) is 71.4 Å². The van der Waals surface area contributed by atoms with Crippen LogP contribution in [0.4, 0.5) is 4.79 Å². The van der Waals surface area contributed by atoms with Crippen LogP contribution < -0.4 is 5.32 Å². The van der Waals surface area contributed by atoms with E-state index in [1.54, 1.807) is 0 Å². The standard InChI is InChI=1S/C27H40N4O3/c1-4-26(2,3)22-11-13-27(14-12-22)24(33)31(25(34)28-27)20-23(32)30-16-8-15-29(17-18-30)19-21-9-6-5-7-10-21/h5-7,9-10,22H,4,8,11-20H2,1-3H3,(H,28,34). The van der Waals surface area contributed by atoms with Gasteiger partial charge in [-0.3, -0.25) is 19.4 Å². The van der Waals surface area contributed by atoms with Gasteiger partial charge in [-0.05, 0) is 49.0 Å². The minimum Gasteiger partial charge on any atom is -0.340 e. The molecule has 1 spiro atoms. The number of nitrogens with one attached hydrogen (secondary N) is 1. The minimum atomic E-state index is -0.817. The Morgan fingerprint density at radius 2 is 1.76 bits per heavy atom. The molecule has 1 aliphatic carbocycles. The van der Waals surface area contributed by atoms with Crippen molar-refractivity contribution in [3.05, 3.63) is 35.9 Å². The van der Waals surface area contributed by atoms with E-state index in [9.17, 15) is 14.4 Å². The van der Waals surface area contributed by atoms with Crippen LogP contribution in [0.3, 0.4) is 0 Å². The van der Waals surface area contributed by atoms with Gasteiger partial charge in [0.05, 0.1) is 0 Å². The molecule has 2 heterocycles. The van der Waals surface area contributed by atoms with Gasteiger partial charge >= 0.3 is 6.03 Å². The van der Waals surface area contributed by atoms with Crippen LogP contribution in [0, 0.1) is 11.3 Å². The Balaban J connectivity index is 1.32. The summed E-state index contributed by atoms with van der Waals surface area (Å²) in [7, 11) is 0. The van der Waals surface area contributed by atoms with Crippen LogP contribution in [0.5, 0.6) is 0 Å². The second kappa shape index (κ2) is 10.1. The van der Waals surface area contributed by atoms with Gasteiger partial charge < -0.3 is 10.2 Å². The maximum Gasteiger partial charge on any atom is 0.325 e. The molecule has 7 nitrogen and oxygen atoms in total. The molecular formula is C27H40N4O3. The monoisotopic (exact) mass is 468 g/mol. The third-order valence-electron chi connectivity index (χ3n) is 8.59. The van der Waals surface area contributed by atoms with Gasteiger partial charge in [-0.25, -0.2) is 4.79 Å². The summed E-state index contributed by atoms with van der Waals surface area (Å²) in [5.74, 6) is 0.210. The Morgan fingerprint density at radius 3 is 2.44 bits per heavy atom. The fraction of sp³-hybridized carbons (Fsp3) is 0.667. The van der Waals surface area contributed by atoms with Gasteiger partial charge in [0.15, 0.2) is 0 Å². The highest BCUT2D eigenvalue weighted by Crippen LogP contribution is 2.45. The highest BCUT2D eigenvalue weighted by atomic mass is 16.2. The lowest BCUT2D eigenvalue weighted by molar-refractivity contribution is -0.139. The minimum absolute atomic E-state index is 0.136. The molecular weight excluding hydrogens is 428 g/mol. The van der Waals surface area contributed by atoms with Crippen molar-refractivity contribution < 1.29 is 14.4 Å². The van der Waals surface area contributed by atoms with Gasteiger partial charge in [-0.15, -0.1) is 0 Å². The third-order valence-corrected chi connectivity index (χ3v) is 8.59. The SMILES string of the molecule is CCC(C)(C)C1CCC2(CC1)NC(=O)N(CC(=O)N1CCCN(Cc3ccccc3)CC1)C2=O. The van der Waals surface area contributed by atoms with Gasteiger partial charge in [-0.2, -0.15) is 0 Å². The molecule has 0 radical (unpaired) electrons. The molecule has 4 rings (SSSR count). The number of benzene rings is 1. The summed E-state index contributed by atoms with van der Waals surface area (Å²) in [4.78, 5) is 44.5. The zero-order valence-corrected chi connectivity index (χ0v) is 21.0. The highest BCUT2D eigenvalue weighted by Gasteiger charge is 2.53. The average molecular weight is 469 g/mol. The Bertz CT molecular complexity index is 892. The van der Waals surface area contributed by atoms with Crippen molar-refractivity contribution in [1.82, 2.24) is 20.0 Å². The van der Waals surface area contributed by atoms with Crippen molar-refractivity contribution in [2.75, 3.05) is 32.7 Å². The Kier molecular flexibility index (Phi) is 7.31. The number of rotatable bonds is 6. The quantitative estimate of drug-likeness (QED) is 0.647. The molecule has 1 saturated carbocycles. The second-order valence-electron chi connectivity index (χ2n) is 11.0. The van der Waals surface area contributed by atoms with Gasteiger partial charge in [0, 0.05) is 32.7 Å². The van der Waals surface area contributed by atoms with Gasteiger partial charge in [-0.1, -0.05) is 57.5 Å². The van der Waals surface area contributed by atoms with E-state index < -0.39 is 11.6 Å². The van der Waals surface area contributed by atoms with E-state index in [0.717, 1.165) is 45.3 Å². The maximum absolute atomic E-state index is 13.3. The van der Waals surface area contributed by atoms with Gasteiger partial charge in [0.1, 0.15) is 12.1 Å². The van der Waals surface area contributed by atoms with E-state index in [1.807, 2.05) is 23.1 Å². The zero-order chi connectivity index (χ0) is 24.3. The molecule has 186 valence electrons. The number of amides is 4. The molecule has 1 aromatic rings. The predicted molar refractivity (Wildman–Crippen MR) is 132 cm³/mol. The van der Waals surface area contributed by atoms with E-state index in [4.69, 9.17) is 0 Å². The maximum atomic E-state index is 13.3. The average Bonchev–Trinajstić information content (AvgIpc) is 2.99. The zero-order valence-electron chi connectivity index (χ0n) is 21.0. The highest BCUT2D eigenvalue weighted by molar-refractivity contribution is 6.09. The molecule has 0 unspecified atom stereocenters. The number of urea groups is 1. The number of hydrogen-bond donors (Lipinski definition) is 1. The van der Waals surface area contributed by atoms with Gasteiger partial charge in [0.2, 0.25) is 5.91 Å². The van der Waals surface area contributed by atoms with Crippen molar-refractivity contribution in [3.8, 4) is 0 Å². The van der Waals surface area contributed by atoms with E-state index in [0.29, 0.717) is 31.8 Å². The van der Waals surface area contributed by atoms with Crippen LogP contribution in [0.1, 0.15) is 64.9 Å². The molecule has 0 bridgehead atoms. The lowest BCUT2D eigenvalue weighted by Gasteiger charge is -2.42. The fourth-order valence-electron chi connectivity index (χ4n) is 5.79. The molecule has 4 amide bonds. The van der Waals surface area contributed by atoms with E-state index in [-0.39, 0.29) is 23.8 Å². The molecule has 7 heteroatoms. The summed E-state index contributed by atoms with van der Waals surface area (Å²) < 4.78 is 0. The van der Waals surface area contributed by atoms with Crippen LogP contribution >= 0.6 is 0 Å². The summed E-state index contributed by atoms with van der Waals surface area (Å²) in [5.41, 5.74) is 0.691. The topological polar surface area (TPSA) is 73.0 Å². The molecule has 2 saturated heterocycles. The Hall–Kier alpha value is -2.41. The Labute approximate surface area is 203 Å². The molecule has 0 aromatic heterocycles. The molecule has 34 heavy (non-hydrogen) atoms. The number of carbonyl (C=O) groups is 3. The van der Waals surface area contributed by atoms with Gasteiger partial charge in [0.25, 0.3) is 5.91 Å².